The Morgan fingerprint density at radius 3 is 1.25 bits per heavy atom. The van der Waals surface area contributed by atoms with Gasteiger partial charge in [-0.05, 0) is 250 Å². The van der Waals surface area contributed by atoms with Crippen LogP contribution in [0.1, 0.15) is 211 Å². The molecule has 0 fully saturated rings. The van der Waals surface area contributed by atoms with Crippen LogP contribution < -0.4 is 36.2 Å². The zero-order valence-corrected chi connectivity index (χ0v) is 75.8. The summed E-state index contributed by atoms with van der Waals surface area (Å²) in [5.74, 6) is 0. The first-order chi connectivity index (χ1) is 56.5. The highest BCUT2D eigenvalue weighted by Gasteiger charge is 2.47. The molecule has 0 amide bonds. The maximum Gasteiger partial charge on any atom is 0.294 e. The summed E-state index contributed by atoms with van der Waals surface area (Å²) in [5, 5.41) is 3.02. The maximum absolute atomic E-state index is 7.84. The number of rotatable bonds is 11. The van der Waals surface area contributed by atoms with Crippen molar-refractivity contribution < 1.29 is 0 Å². The van der Waals surface area contributed by atoms with Crippen LogP contribution in [0.3, 0.4) is 0 Å². The second-order valence-electron chi connectivity index (χ2n) is 41.6. The van der Waals surface area contributed by atoms with E-state index in [4.69, 9.17) is 21.6 Å². The molecular weight excluding hydrogens is 1480 g/mol. The van der Waals surface area contributed by atoms with Crippen LogP contribution in [0, 0.1) is 0 Å². The second-order valence-corrected chi connectivity index (χ2v) is 42.0. The molecule has 0 atom stereocenters. The molecule has 0 bridgehead atoms. The van der Waals surface area contributed by atoms with E-state index in [1.807, 2.05) is 6.33 Å². The fraction of sp³-hybridized carbons (Fsp3) is 0.291. The van der Waals surface area contributed by atoms with Gasteiger partial charge in [0.15, 0.2) is 0 Å². The first-order valence-electron chi connectivity index (χ1n) is 42.9. The SMILES string of the molecule is CC(C)(C)c1ccc(N(c2cccc(N(c3ccc(C(C)(C)C)cc3)c3cccc4ccccc34)c2)c2cc(C(C)(C)C)cc(-n3cnc4cc(C(C)(C)C)ccc43)c2Cl)cc1.CC(C)(C)c1ccc(N(c2ccccc2)c2ccc3c(c2)N(c2ccc(C(C)(C)C)cc2)c2cc(C(C)(C)C)cc4c2B3c2nc3cc(C(C)(C)C)ccc3n2-4)cc1. The highest BCUT2D eigenvalue weighted by atomic mass is 35.5. The summed E-state index contributed by atoms with van der Waals surface area (Å²) in [4.78, 5) is 20.1. The normalized spacial score (nSPS) is 13.2. The average molecular weight is 1600 g/mol. The van der Waals surface area contributed by atoms with Crippen molar-refractivity contribution in [3.8, 4) is 11.4 Å². The van der Waals surface area contributed by atoms with Crippen LogP contribution in [0.15, 0.2) is 279 Å². The van der Waals surface area contributed by atoms with Gasteiger partial charge in [0.05, 0.1) is 49.9 Å². The molecule has 0 N–H and O–H groups in total. The molecule has 13 aromatic carbocycles. The molecule has 120 heavy (non-hydrogen) atoms. The Kier molecular flexibility index (Phi) is 20.6. The maximum atomic E-state index is 7.84. The lowest BCUT2D eigenvalue weighted by molar-refractivity contribution is 0.589. The third-order valence-corrected chi connectivity index (χ3v) is 24.9. The smallest absolute Gasteiger partial charge is 0.294 e. The minimum absolute atomic E-state index is 0.00290. The number of fused-ring (bicyclic) bond motifs is 9. The highest BCUT2D eigenvalue weighted by Crippen LogP contribution is 2.51. The molecule has 2 aromatic heterocycles. The second kappa shape index (κ2) is 30.1. The van der Waals surface area contributed by atoms with Crippen molar-refractivity contribution >= 4 is 136 Å². The average Bonchev–Trinajstić information content (AvgIpc) is 1.53. The van der Waals surface area contributed by atoms with Gasteiger partial charge >= 0.3 is 0 Å². The monoisotopic (exact) mass is 1600 g/mol. The van der Waals surface area contributed by atoms with E-state index in [2.05, 4.69) is 468 Å². The fourth-order valence-electron chi connectivity index (χ4n) is 17.2. The van der Waals surface area contributed by atoms with E-state index in [0.29, 0.717) is 5.02 Å². The summed E-state index contributed by atoms with van der Waals surface area (Å²) in [5.41, 5.74) is 33.2. The molecule has 15 aromatic rings. The van der Waals surface area contributed by atoms with Gasteiger partial charge in [0.1, 0.15) is 6.33 Å². The van der Waals surface area contributed by atoms with Crippen LogP contribution in [0.5, 0.6) is 0 Å². The van der Waals surface area contributed by atoms with Crippen molar-refractivity contribution in [2.45, 2.75) is 209 Å². The van der Waals surface area contributed by atoms with Gasteiger partial charge in [-0.3, -0.25) is 4.57 Å². The Balaban J connectivity index is 0.000000179. The Hall–Kier alpha value is -11.4. The molecule has 2 aliphatic rings. The van der Waals surface area contributed by atoms with Crippen LogP contribution in [-0.2, 0) is 43.3 Å². The molecule has 0 saturated carbocycles. The number of hydrogen-bond acceptors (Lipinski definition) is 6. The lowest BCUT2D eigenvalue weighted by atomic mass is 9.39. The van der Waals surface area contributed by atoms with Gasteiger partial charge in [-0.1, -0.05) is 305 Å². The van der Waals surface area contributed by atoms with Crippen molar-refractivity contribution in [3.63, 3.8) is 0 Å². The summed E-state index contributed by atoms with van der Waals surface area (Å²) < 4.78 is 4.63. The largest absolute Gasteiger partial charge is 0.311 e. The number of hydrogen-bond donors (Lipinski definition) is 0. The summed E-state index contributed by atoms with van der Waals surface area (Å²) >= 11 is 7.84. The van der Waals surface area contributed by atoms with Crippen LogP contribution in [0.25, 0.3) is 44.2 Å². The van der Waals surface area contributed by atoms with E-state index in [-0.39, 0.29) is 50.0 Å². The molecule has 2 aliphatic heterocycles. The van der Waals surface area contributed by atoms with Crippen molar-refractivity contribution in [2.75, 3.05) is 19.6 Å². The molecule has 17 rings (SSSR count). The fourth-order valence-corrected chi connectivity index (χ4v) is 17.5. The Morgan fingerprint density at radius 1 is 0.300 bits per heavy atom. The predicted octanol–water partition coefficient (Wildman–Crippen LogP) is 29.3. The Bertz CT molecular complexity index is 6360. The third-order valence-electron chi connectivity index (χ3n) is 24.5. The van der Waals surface area contributed by atoms with Crippen molar-refractivity contribution in [1.29, 1.82) is 0 Å². The molecule has 0 saturated heterocycles. The van der Waals surface area contributed by atoms with Gasteiger partial charge < -0.3 is 24.2 Å². The van der Waals surface area contributed by atoms with Gasteiger partial charge in [-0.2, -0.15) is 0 Å². The van der Waals surface area contributed by atoms with Crippen LogP contribution >= 0.6 is 11.6 Å². The van der Waals surface area contributed by atoms with E-state index >= 15 is 0 Å². The summed E-state index contributed by atoms with van der Waals surface area (Å²) in [6, 6.07) is 101. The summed E-state index contributed by atoms with van der Waals surface area (Å²) in [6.07, 6.45) is 1.92. The zero-order valence-electron chi connectivity index (χ0n) is 75.1. The van der Waals surface area contributed by atoms with E-state index in [9.17, 15) is 0 Å². The molecular formula is C110H118BClN8. The number of nitrogens with zero attached hydrogens (tertiary/aromatic N) is 8. The zero-order chi connectivity index (χ0) is 85.5. The number of imidazole rings is 2. The lowest BCUT2D eigenvalue weighted by Crippen LogP contribution is -2.55. The van der Waals surface area contributed by atoms with Crippen LogP contribution in [0.4, 0.5) is 68.2 Å². The van der Waals surface area contributed by atoms with E-state index < -0.39 is 0 Å². The van der Waals surface area contributed by atoms with Crippen LogP contribution in [0.2, 0.25) is 5.02 Å². The van der Waals surface area contributed by atoms with E-state index in [0.717, 1.165) is 84.8 Å². The number of para-hydroxylation sites is 1. The molecule has 0 aliphatic carbocycles. The van der Waals surface area contributed by atoms with Gasteiger partial charge in [-0.25, -0.2) is 9.97 Å². The minimum atomic E-state index is -0.183. The van der Waals surface area contributed by atoms with Gasteiger partial charge in [0, 0.05) is 67.9 Å². The first kappa shape index (κ1) is 82.3. The number of aromatic nitrogens is 4. The van der Waals surface area contributed by atoms with Gasteiger partial charge in [0.25, 0.3) is 6.71 Å². The van der Waals surface area contributed by atoms with E-state index in [1.54, 1.807) is 0 Å². The number of anilines is 12. The Morgan fingerprint density at radius 2 is 0.708 bits per heavy atom. The third kappa shape index (κ3) is 15.7. The minimum Gasteiger partial charge on any atom is -0.311 e. The van der Waals surface area contributed by atoms with Gasteiger partial charge in [0.2, 0.25) is 0 Å². The predicted molar refractivity (Wildman–Crippen MR) is 518 cm³/mol. The number of halogens is 1. The van der Waals surface area contributed by atoms with E-state index in [1.165, 1.54) is 88.8 Å². The highest BCUT2D eigenvalue weighted by molar-refractivity contribution is 6.99. The molecule has 0 unspecified atom stereocenters. The lowest BCUT2D eigenvalue weighted by Gasteiger charge is -2.38. The standard InChI is InChI=1S/C57H61ClN4.C53H57BN4/c1-54(2,3)39-23-28-43(29-24-39)61(49-22-15-18-38-17-13-14-21-47(38)49)45-19-16-20-46(36-45)62(44-30-25-40(26-31-44)55(4,5)6)52-35-42(57(10,11)12)34-51(53(52)58)60-37-59-48-33-41(56(7,8)9)27-32-50(48)60;1-50(2,3)34-18-23-39(24-19-34)56(38-16-14-13-15-17-38)41-27-28-42-45(33-41)57(40-25-20-35(21-26-40)51(4,5)6)46-31-37(53(10,11)12)32-47-48(46)54(42)49-55-43-30-36(52(7,8)9)22-29-44(43)58(47)49/h13-37H,1-12H3;13-33H,1-12H3. The molecule has 4 heterocycles. The van der Waals surface area contributed by atoms with Crippen LogP contribution in [-0.4, -0.2) is 25.8 Å². The van der Waals surface area contributed by atoms with Crippen molar-refractivity contribution in [2.24, 2.45) is 0 Å². The molecule has 0 radical (unpaired) electrons. The first-order valence-corrected chi connectivity index (χ1v) is 43.3. The number of benzene rings is 13. The molecule has 8 nitrogen and oxygen atoms in total. The summed E-state index contributed by atoms with van der Waals surface area (Å²) in [6.45, 7) is 54.6. The molecule has 608 valence electrons. The topological polar surface area (TPSA) is 48.6 Å². The van der Waals surface area contributed by atoms with Crippen molar-refractivity contribution in [1.82, 2.24) is 19.1 Å². The summed E-state index contributed by atoms with van der Waals surface area (Å²) in [7, 11) is 0. The molecule has 0 spiro atoms. The Labute approximate surface area is 719 Å². The van der Waals surface area contributed by atoms with Gasteiger partial charge in [-0.15, -0.1) is 0 Å². The molecule has 10 heteroatoms. The quantitative estimate of drug-likeness (QED) is 0.120. The van der Waals surface area contributed by atoms with Crippen molar-refractivity contribution in [3.05, 3.63) is 329 Å².